The quantitative estimate of drug-likeness (QED) is 0.679. The Morgan fingerprint density at radius 3 is 2.43 bits per heavy atom. The predicted molar refractivity (Wildman–Crippen MR) is 52.9 cm³/mol. The van der Waals surface area contributed by atoms with Crippen LogP contribution >= 0.6 is 0 Å². The van der Waals surface area contributed by atoms with E-state index in [1.54, 1.807) is 14.0 Å². The van der Waals surface area contributed by atoms with Gasteiger partial charge in [0.15, 0.2) is 0 Å². The van der Waals surface area contributed by atoms with Crippen molar-refractivity contribution in [1.82, 2.24) is 10.2 Å². The van der Waals surface area contributed by atoms with E-state index in [1.165, 1.54) is 4.90 Å². The highest BCUT2D eigenvalue weighted by atomic mass is 16.5. The van der Waals surface area contributed by atoms with E-state index in [9.17, 15) is 9.59 Å². The topological polar surface area (TPSA) is 58.6 Å². The van der Waals surface area contributed by atoms with Gasteiger partial charge in [-0.2, -0.15) is 0 Å². The fraction of sp³-hybridized carbons (Fsp3) is 0.778. The molecule has 5 heteroatoms. The summed E-state index contributed by atoms with van der Waals surface area (Å²) in [6, 6.07) is -0.162. The Balaban J connectivity index is 3.79. The molecule has 0 spiro atoms. The summed E-state index contributed by atoms with van der Waals surface area (Å²) in [5.74, 6) is -0.419. The Morgan fingerprint density at radius 1 is 1.43 bits per heavy atom. The van der Waals surface area contributed by atoms with E-state index in [2.05, 4.69) is 10.1 Å². The molecule has 0 aliphatic heterocycles. The van der Waals surface area contributed by atoms with Crippen LogP contribution in [0.3, 0.4) is 0 Å². The lowest BCUT2D eigenvalue weighted by molar-refractivity contribution is -0.141. The molecule has 0 unspecified atom stereocenters. The fourth-order valence-corrected chi connectivity index (χ4v) is 0.719. The van der Waals surface area contributed by atoms with Crippen molar-refractivity contribution in [3.63, 3.8) is 0 Å². The lowest BCUT2D eigenvalue weighted by Crippen LogP contribution is -2.43. The molecule has 82 valence electrons. The highest BCUT2D eigenvalue weighted by Crippen LogP contribution is 1.93. The summed E-state index contributed by atoms with van der Waals surface area (Å²) in [6.07, 6.45) is 0. The SMILES string of the molecule is CCOC(=O)CNC(=O)N(C)C(C)C. The number of hydrogen-bond donors (Lipinski definition) is 1. The second-order valence-corrected chi connectivity index (χ2v) is 3.17. The van der Waals surface area contributed by atoms with Crippen LogP contribution in [-0.4, -0.2) is 43.1 Å². The second-order valence-electron chi connectivity index (χ2n) is 3.17. The number of amides is 2. The predicted octanol–water partition coefficient (Wildman–Crippen LogP) is 0.599. The zero-order valence-electron chi connectivity index (χ0n) is 9.16. The van der Waals surface area contributed by atoms with Crippen molar-refractivity contribution in [2.45, 2.75) is 26.8 Å². The zero-order chi connectivity index (χ0) is 11.1. The minimum Gasteiger partial charge on any atom is -0.465 e. The van der Waals surface area contributed by atoms with Crippen LogP contribution in [0, 0.1) is 0 Å². The maximum atomic E-state index is 11.3. The van der Waals surface area contributed by atoms with Crippen molar-refractivity contribution in [1.29, 1.82) is 0 Å². The van der Waals surface area contributed by atoms with Gasteiger partial charge in [-0.15, -0.1) is 0 Å². The number of nitrogens with zero attached hydrogens (tertiary/aromatic N) is 1. The molecule has 0 saturated heterocycles. The first-order valence-electron chi connectivity index (χ1n) is 4.65. The second kappa shape index (κ2) is 6.23. The molecule has 0 aliphatic carbocycles. The van der Waals surface area contributed by atoms with Crippen LogP contribution in [0.1, 0.15) is 20.8 Å². The normalized spacial score (nSPS) is 9.79. The van der Waals surface area contributed by atoms with E-state index in [1.807, 2.05) is 13.8 Å². The minimum absolute atomic E-state index is 0.0796. The average Bonchev–Trinajstić information content (AvgIpc) is 2.13. The van der Waals surface area contributed by atoms with Crippen molar-refractivity contribution in [2.75, 3.05) is 20.2 Å². The van der Waals surface area contributed by atoms with E-state index in [-0.39, 0.29) is 18.6 Å². The Labute approximate surface area is 84.4 Å². The Kier molecular flexibility index (Phi) is 5.67. The molecule has 0 heterocycles. The number of ether oxygens (including phenoxy) is 1. The van der Waals surface area contributed by atoms with Gasteiger partial charge in [-0.25, -0.2) is 4.79 Å². The molecule has 0 rings (SSSR count). The van der Waals surface area contributed by atoms with Crippen LogP contribution < -0.4 is 5.32 Å². The molecule has 0 aromatic rings. The highest BCUT2D eigenvalue weighted by Gasteiger charge is 2.12. The van der Waals surface area contributed by atoms with Gasteiger partial charge >= 0.3 is 12.0 Å². The fourth-order valence-electron chi connectivity index (χ4n) is 0.719. The highest BCUT2D eigenvalue weighted by molar-refractivity contribution is 5.80. The molecule has 2 amide bonds. The van der Waals surface area contributed by atoms with Gasteiger partial charge in [0.05, 0.1) is 6.61 Å². The molecule has 14 heavy (non-hydrogen) atoms. The van der Waals surface area contributed by atoms with Crippen LogP contribution in [0.15, 0.2) is 0 Å². The van der Waals surface area contributed by atoms with Crippen LogP contribution in [-0.2, 0) is 9.53 Å². The van der Waals surface area contributed by atoms with Crippen LogP contribution in [0.4, 0.5) is 4.79 Å². The minimum atomic E-state index is -0.419. The number of nitrogens with one attached hydrogen (secondary N) is 1. The van der Waals surface area contributed by atoms with Gasteiger partial charge in [-0.3, -0.25) is 4.79 Å². The van der Waals surface area contributed by atoms with Gasteiger partial charge in [-0.1, -0.05) is 0 Å². The van der Waals surface area contributed by atoms with Gasteiger partial charge in [0, 0.05) is 13.1 Å². The standard InChI is InChI=1S/C9H18N2O3/c1-5-14-8(12)6-10-9(13)11(4)7(2)3/h7H,5-6H2,1-4H3,(H,10,13). The first kappa shape index (κ1) is 12.7. The van der Waals surface area contributed by atoms with Crippen LogP contribution in [0.2, 0.25) is 0 Å². The third kappa shape index (κ3) is 4.69. The lowest BCUT2D eigenvalue weighted by atomic mass is 10.4. The first-order chi connectivity index (χ1) is 6.49. The van der Waals surface area contributed by atoms with Crippen molar-refractivity contribution in [3.8, 4) is 0 Å². The molecule has 0 radical (unpaired) electrons. The van der Waals surface area contributed by atoms with Gasteiger partial charge in [0.25, 0.3) is 0 Å². The molecule has 5 nitrogen and oxygen atoms in total. The Morgan fingerprint density at radius 2 is 2.00 bits per heavy atom. The van der Waals surface area contributed by atoms with E-state index in [4.69, 9.17) is 0 Å². The van der Waals surface area contributed by atoms with Crippen molar-refractivity contribution in [3.05, 3.63) is 0 Å². The maximum Gasteiger partial charge on any atom is 0.325 e. The lowest BCUT2D eigenvalue weighted by Gasteiger charge is -2.21. The van der Waals surface area contributed by atoms with E-state index in [0.717, 1.165) is 0 Å². The van der Waals surface area contributed by atoms with Gasteiger partial charge in [0.2, 0.25) is 0 Å². The number of hydrogen-bond acceptors (Lipinski definition) is 3. The number of esters is 1. The first-order valence-corrected chi connectivity index (χ1v) is 4.65. The molecule has 0 aliphatic rings. The third-order valence-electron chi connectivity index (χ3n) is 1.78. The van der Waals surface area contributed by atoms with Crippen LogP contribution in [0.25, 0.3) is 0 Å². The molecule has 0 atom stereocenters. The molecule has 1 N–H and O–H groups in total. The van der Waals surface area contributed by atoms with Crippen molar-refractivity contribution >= 4 is 12.0 Å². The summed E-state index contributed by atoms with van der Waals surface area (Å²) in [5, 5.41) is 2.46. The summed E-state index contributed by atoms with van der Waals surface area (Å²) in [6.45, 7) is 5.76. The molecule has 0 saturated carbocycles. The largest absolute Gasteiger partial charge is 0.465 e. The maximum absolute atomic E-state index is 11.3. The molecule has 0 bridgehead atoms. The Hall–Kier alpha value is -1.26. The molecule has 0 aromatic carbocycles. The summed E-state index contributed by atoms with van der Waals surface area (Å²) in [4.78, 5) is 23.7. The van der Waals surface area contributed by atoms with Crippen molar-refractivity contribution < 1.29 is 14.3 Å². The third-order valence-corrected chi connectivity index (χ3v) is 1.78. The van der Waals surface area contributed by atoms with Gasteiger partial charge < -0.3 is 15.0 Å². The molecular formula is C9H18N2O3. The van der Waals surface area contributed by atoms with Crippen molar-refractivity contribution in [2.24, 2.45) is 0 Å². The van der Waals surface area contributed by atoms with E-state index >= 15 is 0 Å². The summed E-state index contributed by atoms with van der Waals surface area (Å²) in [5.41, 5.74) is 0. The molecule has 0 aromatic heterocycles. The van der Waals surface area contributed by atoms with Crippen LogP contribution in [0.5, 0.6) is 0 Å². The summed E-state index contributed by atoms with van der Waals surface area (Å²) < 4.78 is 4.66. The van der Waals surface area contributed by atoms with Gasteiger partial charge in [0.1, 0.15) is 6.54 Å². The average molecular weight is 202 g/mol. The van der Waals surface area contributed by atoms with Gasteiger partial charge in [-0.05, 0) is 20.8 Å². The summed E-state index contributed by atoms with van der Waals surface area (Å²) in [7, 11) is 1.67. The monoisotopic (exact) mass is 202 g/mol. The Bertz CT molecular complexity index is 204. The summed E-state index contributed by atoms with van der Waals surface area (Å²) >= 11 is 0. The number of rotatable bonds is 4. The molecule has 0 fully saturated rings. The van der Waals surface area contributed by atoms with E-state index in [0.29, 0.717) is 6.61 Å². The zero-order valence-corrected chi connectivity index (χ0v) is 9.16. The number of carbonyl (C=O) groups is 2. The van der Waals surface area contributed by atoms with E-state index < -0.39 is 5.97 Å². The number of carbonyl (C=O) groups excluding carboxylic acids is 2. The molecular weight excluding hydrogens is 184 g/mol. The number of urea groups is 1. The smallest absolute Gasteiger partial charge is 0.325 e.